The third kappa shape index (κ3) is 2.52. The SMILES string of the molecule is CC(=O)CC(=O)CC1(O)C(=O)Nc2ccc(Cl)cc21. The molecule has 2 N–H and O–H groups in total. The minimum absolute atomic E-state index is 0.266. The quantitative estimate of drug-likeness (QED) is 0.818. The Morgan fingerprint density at radius 2 is 2.11 bits per heavy atom. The van der Waals surface area contributed by atoms with Crippen LogP contribution in [-0.4, -0.2) is 22.6 Å². The number of carbonyl (C=O) groups is 3. The molecule has 2 rings (SSSR count). The first-order valence-electron chi connectivity index (χ1n) is 5.68. The van der Waals surface area contributed by atoms with Gasteiger partial charge in [0, 0.05) is 22.7 Å². The Balaban J connectivity index is 2.33. The highest BCUT2D eigenvalue weighted by Gasteiger charge is 2.46. The van der Waals surface area contributed by atoms with Gasteiger partial charge in [0.05, 0.1) is 6.42 Å². The summed E-state index contributed by atoms with van der Waals surface area (Å²) in [5.41, 5.74) is -1.26. The fourth-order valence-electron chi connectivity index (χ4n) is 2.12. The summed E-state index contributed by atoms with van der Waals surface area (Å²) in [4.78, 5) is 34.4. The maximum absolute atomic E-state index is 11.8. The van der Waals surface area contributed by atoms with Gasteiger partial charge in [0.2, 0.25) is 0 Å². The highest BCUT2D eigenvalue weighted by Crippen LogP contribution is 2.39. The topological polar surface area (TPSA) is 83.5 Å². The van der Waals surface area contributed by atoms with Crippen molar-refractivity contribution in [3.05, 3.63) is 28.8 Å². The number of aliphatic hydroxyl groups is 1. The van der Waals surface area contributed by atoms with Crippen molar-refractivity contribution in [2.75, 3.05) is 5.32 Å². The standard InChI is InChI=1S/C13H12ClNO4/c1-7(16)4-9(17)6-13(19)10-5-8(14)2-3-11(10)15-12(13)18/h2-3,5,19H,4,6H2,1H3,(H,15,18). The van der Waals surface area contributed by atoms with E-state index < -0.39 is 23.7 Å². The summed E-state index contributed by atoms with van der Waals surface area (Å²) in [7, 11) is 0. The number of halogens is 1. The lowest BCUT2D eigenvalue weighted by molar-refractivity contribution is -0.141. The van der Waals surface area contributed by atoms with E-state index in [0.717, 1.165) is 0 Å². The minimum Gasteiger partial charge on any atom is -0.375 e. The number of rotatable bonds is 4. The second kappa shape index (κ2) is 4.75. The summed E-state index contributed by atoms with van der Waals surface area (Å²) in [5.74, 6) is -1.47. The molecular weight excluding hydrogens is 270 g/mol. The molecule has 19 heavy (non-hydrogen) atoms. The van der Waals surface area contributed by atoms with Crippen LogP contribution >= 0.6 is 11.6 Å². The fraction of sp³-hybridized carbons (Fsp3) is 0.308. The molecule has 0 fully saturated rings. The monoisotopic (exact) mass is 281 g/mol. The molecule has 100 valence electrons. The maximum Gasteiger partial charge on any atom is 0.261 e. The molecule has 0 bridgehead atoms. The number of amides is 1. The molecule has 1 aliphatic rings. The van der Waals surface area contributed by atoms with Crippen LogP contribution in [0.2, 0.25) is 5.02 Å². The molecule has 1 atom stereocenters. The average Bonchev–Trinajstić information content (AvgIpc) is 2.51. The van der Waals surface area contributed by atoms with Crippen molar-refractivity contribution in [1.82, 2.24) is 0 Å². The van der Waals surface area contributed by atoms with E-state index in [9.17, 15) is 19.5 Å². The molecule has 0 aromatic heterocycles. The molecule has 6 heteroatoms. The van der Waals surface area contributed by atoms with E-state index >= 15 is 0 Å². The van der Waals surface area contributed by atoms with Crippen molar-refractivity contribution in [1.29, 1.82) is 0 Å². The molecule has 0 saturated carbocycles. The summed E-state index contributed by atoms with van der Waals surface area (Å²) in [5, 5.41) is 13.3. The Labute approximate surface area is 114 Å². The first-order chi connectivity index (χ1) is 8.83. The molecule has 1 aliphatic heterocycles. The average molecular weight is 282 g/mol. The number of Topliss-reactive ketones (excluding diaryl/α,β-unsaturated/α-hetero) is 2. The van der Waals surface area contributed by atoms with Crippen LogP contribution in [0.4, 0.5) is 5.69 Å². The lowest BCUT2D eigenvalue weighted by Gasteiger charge is -2.19. The van der Waals surface area contributed by atoms with Crippen molar-refractivity contribution < 1.29 is 19.5 Å². The van der Waals surface area contributed by atoms with Gasteiger partial charge in [-0.25, -0.2) is 0 Å². The van der Waals surface area contributed by atoms with Gasteiger partial charge in [-0.15, -0.1) is 0 Å². The van der Waals surface area contributed by atoms with Gasteiger partial charge < -0.3 is 10.4 Å². The van der Waals surface area contributed by atoms with Gasteiger partial charge in [-0.1, -0.05) is 11.6 Å². The van der Waals surface area contributed by atoms with Crippen molar-refractivity contribution in [2.24, 2.45) is 0 Å². The smallest absolute Gasteiger partial charge is 0.261 e. The van der Waals surface area contributed by atoms with Crippen molar-refractivity contribution in [3.8, 4) is 0 Å². The Kier molecular flexibility index (Phi) is 3.43. The lowest BCUT2D eigenvalue weighted by Crippen LogP contribution is -2.36. The van der Waals surface area contributed by atoms with Crippen LogP contribution in [0.5, 0.6) is 0 Å². The van der Waals surface area contributed by atoms with Crippen LogP contribution in [0.15, 0.2) is 18.2 Å². The molecule has 0 radical (unpaired) electrons. The van der Waals surface area contributed by atoms with E-state index in [1.807, 2.05) is 0 Å². The van der Waals surface area contributed by atoms with Crippen LogP contribution < -0.4 is 5.32 Å². The number of fused-ring (bicyclic) bond motifs is 1. The second-order valence-corrected chi connectivity index (χ2v) is 5.03. The van der Waals surface area contributed by atoms with Crippen LogP contribution in [0.1, 0.15) is 25.3 Å². The van der Waals surface area contributed by atoms with Gasteiger partial charge >= 0.3 is 0 Å². The summed E-state index contributed by atoms with van der Waals surface area (Å²) in [6.07, 6.45) is -0.739. The zero-order valence-corrected chi connectivity index (χ0v) is 11.0. The Morgan fingerprint density at radius 3 is 2.74 bits per heavy atom. The number of hydrogen-bond acceptors (Lipinski definition) is 4. The van der Waals surface area contributed by atoms with Crippen LogP contribution in [-0.2, 0) is 20.0 Å². The highest BCUT2D eigenvalue weighted by molar-refractivity contribution is 6.31. The Morgan fingerprint density at radius 1 is 1.42 bits per heavy atom. The zero-order valence-electron chi connectivity index (χ0n) is 10.2. The molecule has 1 unspecified atom stereocenters. The third-order valence-corrected chi connectivity index (χ3v) is 3.19. The molecule has 5 nitrogen and oxygen atoms in total. The molecule has 1 aromatic rings. The van der Waals surface area contributed by atoms with Gasteiger partial charge in [0.25, 0.3) is 5.91 Å². The Hall–Kier alpha value is -1.72. The first-order valence-corrected chi connectivity index (χ1v) is 6.06. The molecule has 1 amide bonds. The highest BCUT2D eigenvalue weighted by atomic mass is 35.5. The van der Waals surface area contributed by atoms with Crippen molar-refractivity contribution in [2.45, 2.75) is 25.4 Å². The number of benzene rings is 1. The summed E-state index contributed by atoms with van der Waals surface area (Å²) in [6.45, 7) is 1.28. The lowest BCUT2D eigenvalue weighted by atomic mass is 9.89. The van der Waals surface area contributed by atoms with E-state index in [1.54, 1.807) is 12.1 Å². The van der Waals surface area contributed by atoms with Crippen LogP contribution in [0.3, 0.4) is 0 Å². The van der Waals surface area contributed by atoms with Gasteiger partial charge in [-0.05, 0) is 25.1 Å². The maximum atomic E-state index is 11.8. The molecule has 1 aromatic carbocycles. The minimum atomic E-state index is -1.95. The first kappa shape index (κ1) is 13.7. The molecule has 1 heterocycles. The number of anilines is 1. The summed E-state index contributed by atoms with van der Waals surface area (Å²) >= 11 is 5.83. The predicted molar refractivity (Wildman–Crippen MR) is 68.9 cm³/mol. The van der Waals surface area contributed by atoms with Gasteiger partial charge in [-0.3, -0.25) is 14.4 Å². The van der Waals surface area contributed by atoms with Gasteiger partial charge in [0.15, 0.2) is 5.60 Å². The molecule has 0 spiro atoms. The molecular formula is C13H12ClNO4. The van der Waals surface area contributed by atoms with Crippen LogP contribution in [0, 0.1) is 0 Å². The summed E-state index contributed by atoms with van der Waals surface area (Å²) in [6, 6.07) is 4.57. The molecule has 0 aliphatic carbocycles. The van der Waals surface area contributed by atoms with E-state index in [2.05, 4.69) is 5.32 Å². The number of nitrogens with one attached hydrogen (secondary N) is 1. The van der Waals surface area contributed by atoms with Gasteiger partial charge in [-0.2, -0.15) is 0 Å². The van der Waals surface area contributed by atoms with Crippen LogP contribution in [0.25, 0.3) is 0 Å². The number of hydrogen-bond donors (Lipinski definition) is 2. The largest absolute Gasteiger partial charge is 0.375 e. The zero-order chi connectivity index (χ0) is 14.2. The molecule has 0 saturated heterocycles. The number of ketones is 2. The number of carbonyl (C=O) groups excluding carboxylic acids is 3. The normalized spacial score (nSPS) is 20.9. The van der Waals surface area contributed by atoms with Crippen molar-refractivity contribution >= 4 is 34.8 Å². The summed E-state index contributed by atoms with van der Waals surface area (Å²) < 4.78 is 0. The fourth-order valence-corrected chi connectivity index (χ4v) is 2.29. The van der Waals surface area contributed by atoms with E-state index in [0.29, 0.717) is 10.7 Å². The van der Waals surface area contributed by atoms with E-state index in [4.69, 9.17) is 11.6 Å². The third-order valence-electron chi connectivity index (χ3n) is 2.95. The predicted octanol–water partition coefficient (Wildman–Crippen LogP) is 1.42. The second-order valence-electron chi connectivity index (χ2n) is 4.60. The van der Waals surface area contributed by atoms with E-state index in [1.165, 1.54) is 13.0 Å². The Bertz CT molecular complexity index is 584. The van der Waals surface area contributed by atoms with Gasteiger partial charge in [0.1, 0.15) is 11.6 Å². The van der Waals surface area contributed by atoms with E-state index in [-0.39, 0.29) is 17.8 Å². The van der Waals surface area contributed by atoms with Crippen molar-refractivity contribution in [3.63, 3.8) is 0 Å².